The quantitative estimate of drug-likeness (QED) is 0.0879. The minimum absolute atomic E-state index is 0.0500. The van der Waals surface area contributed by atoms with Crippen LogP contribution in [0.15, 0.2) is 33.6 Å². The van der Waals surface area contributed by atoms with Crippen molar-refractivity contribution >= 4 is 33.0 Å². The summed E-state index contributed by atoms with van der Waals surface area (Å²) < 4.78 is 31.7. The predicted molar refractivity (Wildman–Crippen MR) is 175 cm³/mol. The van der Waals surface area contributed by atoms with Crippen molar-refractivity contribution in [2.75, 3.05) is 33.2 Å². The van der Waals surface area contributed by atoms with Gasteiger partial charge >= 0.3 is 11.7 Å². The average molecular weight is 644 g/mol. The van der Waals surface area contributed by atoms with Crippen LogP contribution in [0.5, 0.6) is 0 Å². The average Bonchev–Trinajstić information content (AvgIpc) is 3.28. The first-order valence-electron chi connectivity index (χ1n) is 15.9. The summed E-state index contributed by atoms with van der Waals surface area (Å²) in [6.45, 7) is 18.4. The highest BCUT2D eigenvalue weighted by molar-refractivity contribution is 6.76. The van der Waals surface area contributed by atoms with Crippen LogP contribution in [-0.4, -0.2) is 69.6 Å². The number of ether oxygens (including phenoxy) is 4. The number of esters is 1. The van der Waals surface area contributed by atoms with Gasteiger partial charge in [-0.3, -0.25) is 4.52 Å². The lowest BCUT2D eigenvalue weighted by Gasteiger charge is -2.24. The van der Waals surface area contributed by atoms with Crippen LogP contribution < -0.4 is 5.76 Å². The van der Waals surface area contributed by atoms with E-state index in [2.05, 4.69) is 69.6 Å². The van der Waals surface area contributed by atoms with E-state index in [-0.39, 0.29) is 19.4 Å². The third kappa shape index (κ3) is 7.30. The first kappa shape index (κ1) is 32.9. The van der Waals surface area contributed by atoms with Crippen molar-refractivity contribution < 1.29 is 28.3 Å². The van der Waals surface area contributed by atoms with Gasteiger partial charge in [0.05, 0.1) is 0 Å². The molecule has 44 heavy (non-hydrogen) atoms. The Kier molecular flexibility index (Phi) is 9.76. The molecule has 0 spiro atoms. The molecule has 2 aliphatic rings. The van der Waals surface area contributed by atoms with Gasteiger partial charge < -0.3 is 23.5 Å². The molecule has 12 heteroatoms. The molecule has 10 nitrogen and oxygen atoms in total. The molecule has 3 aromatic rings. The minimum atomic E-state index is -1.30. The van der Waals surface area contributed by atoms with Gasteiger partial charge in [-0.05, 0) is 66.9 Å². The first-order valence-corrected chi connectivity index (χ1v) is 23.3. The molecule has 0 bridgehead atoms. The number of fused-ring (bicyclic) bond motifs is 1. The van der Waals surface area contributed by atoms with E-state index in [9.17, 15) is 9.59 Å². The highest BCUT2D eigenvalue weighted by Gasteiger charge is 2.60. The molecule has 2 aromatic heterocycles. The molecule has 0 radical (unpaired) electrons. The van der Waals surface area contributed by atoms with Gasteiger partial charge in [0.2, 0.25) is 0 Å². The Hall–Kier alpha value is -2.52. The van der Waals surface area contributed by atoms with Gasteiger partial charge in [0.15, 0.2) is 12.6 Å². The van der Waals surface area contributed by atoms with Crippen molar-refractivity contribution in [1.82, 2.24) is 14.3 Å². The molecule has 0 amide bonds. The largest absolute Gasteiger partial charge is 0.443 e. The van der Waals surface area contributed by atoms with E-state index in [1.165, 1.54) is 10.1 Å². The van der Waals surface area contributed by atoms with E-state index in [4.69, 9.17) is 23.5 Å². The summed E-state index contributed by atoms with van der Waals surface area (Å²) in [6, 6.07) is 10.3. The van der Waals surface area contributed by atoms with Crippen LogP contribution in [0.3, 0.4) is 0 Å². The van der Waals surface area contributed by atoms with Gasteiger partial charge in [-0.1, -0.05) is 57.4 Å². The Morgan fingerprint density at radius 2 is 1.68 bits per heavy atom. The van der Waals surface area contributed by atoms with E-state index >= 15 is 0 Å². The zero-order chi connectivity index (χ0) is 31.7. The summed E-state index contributed by atoms with van der Waals surface area (Å²) in [4.78, 5) is 26.6. The van der Waals surface area contributed by atoms with E-state index < -0.39 is 33.4 Å². The van der Waals surface area contributed by atoms with Gasteiger partial charge in [0.25, 0.3) is 0 Å². The van der Waals surface area contributed by atoms with Crippen LogP contribution in [0.2, 0.25) is 51.4 Å². The number of carbonyl (C=O) groups is 1. The number of carbonyl (C=O) groups excluding carboxylic acids is 1. The summed E-state index contributed by atoms with van der Waals surface area (Å²) >= 11 is 0. The lowest BCUT2D eigenvalue weighted by Crippen LogP contribution is -2.32. The van der Waals surface area contributed by atoms with Crippen molar-refractivity contribution in [1.29, 1.82) is 0 Å². The number of hydrogen-bond acceptors (Lipinski definition) is 8. The number of benzene rings is 1. The Morgan fingerprint density at radius 1 is 1.02 bits per heavy atom. The predicted octanol–water partition coefficient (Wildman–Crippen LogP) is 6.25. The maximum absolute atomic E-state index is 13.7. The Labute approximate surface area is 262 Å². The second kappa shape index (κ2) is 13.1. The smallest absolute Gasteiger partial charge is 0.434 e. The van der Waals surface area contributed by atoms with Gasteiger partial charge in [-0.25, -0.2) is 14.2 Å². The van der Waals surface area contributed by atoms with Crippen molar-refractivity contribution in [2.24, 2.45) is 5.92 Å². The lowest BCUT2D eigenvalue weighted by atomic mass is 9.91. The fourth-order valence-electron chi connectivity index (χ4n) is 6.06. The molecule has 1 aliphatic carbocycles. The van der Waals surface area contributed by atoms with E-state index in [0.717, 1.165) is 49.0 Å². The molecule has 0 unspecified atom stereocenters. The number of nitrogens with zero attached hydrogens (tertiary/aromatic N) is 3. The molecule has 2 atom stereocenters. The van der Waals surface area contributed by atoms with Crippen LogP contribution in [0, 0.1) is 5.92 Å². The third-order valence-corrected chi connectivity index (χ3v) is 12.4. The fourth-order valence-corrected chi connectivity index (χ4v) is 7.58. The van der Waals surface area contributed by atoms with Crippen molar-refractivity contribution in [3.63, 3.8) is 0 Å². The van der Waals surface area contributed by atoms with Crippen molar-refractivity contribution in [2.45, 2.75) is 95.7 Å². The normalized spacial score (nSPS) is 21.2. The van der Waals surface area contributed by atoms with Crippen LogP contribution in [-0.2, 0) is 31.2 Å². The van der Waals surface area contributed by atoms with Crippen molar-refractivity contribution in [3.05, 3.63) is 51.9 Å². The summed E-state index contributed by atoms with van der Waals surface area (Å²) in [7, 11) is -2.57. The van der Waals surface area contributed by atoms with E-state index in [1.54, 1.807) is 0 Å². The van der Waals surface area contributed by atoms with Gasteiger partial charge in [-0.15, -0.1) is 0 Å². The first-order chi connectivity index (χ1) is 20.8. The second-order valence-corrected chi connectivity index (χ2v) is 26.2. The number of hydrogen-bond donors (Lipinski definition) is 0. The maximum Gasteiger partial charge on any atom is 0.443 e. The zero-order valence-electron chi connectivity index (χ0n) is 27.4. The van der Waals surface area contributed by atoms with E-state index in [0.29, 0.717) is 37.1 Å². The SMILES string of the molecule is C[C@H]1C[C@]1(c1noc(=O)n1COCC[Si](C)(C)C)n1c(C(=O)OCOCC[Si](C)(C)C)cc2cc(C3CCOCC3)ccc21. The van der Waals surface area contributed by atoms with Gasteiger partial charge in [0, 0.05) is 53.5 Å². The Balaban J connectivity index is 1.49. The molecule has 1 saturated heterocycles. The topological polar surface area (TPSA) is 107 Å². The van der Waals surface area contributed by atoms with Gasteiger partial charge in [-0.2, -0.15) is 0 Å². The van der Waals surface area contributed by atoms with Crippen LogP contribution in [0.1, 0.15) is 54.0 Å². The molecule has 1 saturated carbocycles. The molecule has 242 valence electrons. The van der Waals surface area contributed by atoms with Crippen LogP contribution in [0.4, 0.5) is 0 Å². The molecular weight excluding hydrogens is 595 g/mol. The van der Waals surface area contributed by atoms with Gasteiger partial charge in [0.1, 0.15) is 18.0 Å². The Morgan fingerprint density at radius 3 is 2.32 bits per heavy atom. The van der Waals surface area contributed by atoms with Crippen LogP contribution in [0.25, 0.3) is 10.9 Å². The van der Waals surface area contributed by atoms with E-state index in [1.807, 2.05) is 10.6 Å². The second-order valence-electron chi connectivity index (χ2n) is 14.9. The van der Waals surface area contributed by atoms with Crippen molar-refractivity contribution in [3.8, 4) is 0 Å². The monoisotopic (exact) mass is 643 g/mol. The maximum atomic E-state index is 13.7. The molecule has 3 heterocycles. The summed E-state index contributed by atoms with van der Waals surface area (Å²) in [5, 5.41) is 5.24. The third-order valence-electron chi connectivity index (χ3n) is 8.96. The zero-order valence-corrected chi connectivity index (χ0v) is 29.4. The summed E-state index contributed by atoms with van der Waals surface area (Å²) in [5.74, 6) is -0.0664. The molecule has 0 N–H and O–H groups in total. The minimum Gasteiger partial charge on any atom is -0.434 e. The fraction of sp³-hybridized carbons (Fsp3) is 0.656. The standard InChI is InChI=1S/C32H49N3O7Si2/c1-23-20-32(23,30-33-42-31(37)34(30)21-39-14-16-43(2,3)4)35-27-9-8-25(24-10-12-38-13-11-24)18-26(27)19-28(35)29(36)41-22-40-15-17-44(5,6)7/h8-9,18-19,23-24H,10-17,20-22H2,1-7H3/t23-,32-/m0/s1. The molecule has 5 rings (SSSR count). The highest BCUT2D eigenvalue weighted by Crippen LogP contribution is 2.56. The lowest BCUT2D eigenvalue weighted by molar-refractivity contribution is -0.0285. The summed E-state index contributed by atoms with van der Waals surface area (Å²) in [6.07, 6.45) is 2.63. The molecule has 2 fully saturated rings. The Bertz CT molecular complexity index is 1510. The number of rotatable bonds is 14. The number of aromatic nitrogens is 3. The van der Waals surface area contributed by atoms with Crippen LogP contribution >= 0.6 is 0 Å². The molecule has 1 aliphatic heterocycles. The molecule has 1 aromatic carbocycles. The summed E-state index contributed by atoms with van der Waals surface area (Å²) in [5.41, 5.74) is 1.77. The molecular formula is C32H49N3O7Si2. The highest BCUT2D eigenvalue weighted by atomic mass is 28.3.